The lowest BCUT2D eigenvalue weighted by molar-refractivity contribution is -0.139. The minimum Gasteiger partial charge on any atom is -0.360 e. The Bertz CT molecular complexity index is 601. The molecule has 0 spiro atoms. The summed E-state index contributed by atoms with van der Waals surface area (Å²) in [7, 11) is 0. The highest BCUT2D eigenvalue weighted by molar-refractivity contribution is 5.87. The van der Waals surface area contributed by atoms with Crippen LogP contribution in [0.15, 0.2) is 10.6 Å². The van der Waals surface area contributed by atoms with E-state index in [1.165, 1.54) is 6.92 Å². The third-order valence-electron chi connectivity index (χ3n) is 5.24. The maximum atomic E-state index is 13.0. The summed E-state index contributed by atoms with van der Waals surface area (Å²) in [5, 5.41) is 6.82. The Kier molecular flexibility index (Phi) is 5.73. The normalized spacial score (nSPS) is 20.6. The molecule has 1 aromatic heterocycles. The molecule has 1 aliphatic heterocycles. The quantitative estimate of drug-likeness (QED) is 0.868. The van der Waals surface area contributed by atoms with Crippen molar-refractivity contribution in [2.75, 3.05) is 26.2 Å². The fourth-order valence-corrected chi connectivity index (χ4v) is 3.93. The number of carbonyl (C=O) groups is 2. The first-order valence-corrected chi connectivity index (χ1v) is 9.23. The number of nitrogens with zero attached hydrogens (tertiary/aromatic N) is 3. The Balaban J connectivity index is 1.54. The SMILES string of the molecule is CC(=O)N[C@@H](C(=O)N1CCN(Cc2cc(C)no2)CC1)C1CCCC1. The fraction of sp³-hybridized carbons (Fsp3) is 0.722. The average molecular weight is 348 g/mol. The van der Waals surface area contributed by atoms with Crippen LogP contribution in [-0.2, 0) is 16.1 Å². The monoisotopic (exact) mass is 348 g/mol. The zero-order valence-corrected chi connectivity index (χ0v) is 15.2. The van der Waals surface area contributed by atoms with E-state index in [0.29, 0.717) is 13.1 Å². The summed E-state index contributed by atoms with van der Waals surface area (Å²) in [6.07, 6.45) is 4.36. The second-order valence-electron chi connectivity index (χ2n) is 7.26. The van der Waals surface area contributed by atoms with Crippen LogP contribution in [0.1, 0.15) is 44.1 Å². The molecule has 0 aromatic carbocycles. The van der Waals surface area contributed by atoms with Crippen LogP contribution < -0.4 is 5.32 Å². The smallest absolute Gasteiger partial charge is 0.245 e. The third kappa shape index (κ3) is 4.60. The van der Waals surface area contributed by atoms with Crippen molar-refractivity contribution >= 4 is 11.8 Å². The van der Waals surface area contributed by atoms with Crippen molar-refractivity contribution in [3.05, 3.63) is 17.5 Å². The van der Waals surface area contributed by atoms with Gasteiger partial charge in [0.05, 0.1) is 12.2 Å². The molecule has 1 aliphatic carbocycles. The summed E-state index contributed by atoms with van der Waals surface area (Å²) in [4.78, 5) is 28.7. The van der Waals surface area contributed by atoms with Gasteiger partial charge >= 0.3 is 0 Å². The summed E-state index contributed by atoms with van der Waals surface area (Å²) in [5.74, 6) is 1.10. The van der Waals surface area contributed by atoms with Crippen molar-refractivity contribution in [1.29, 1.82) is 0 Å². The molecule has 1 aromatic rings. The molecule has 1 atom stereocenters. The molecule has 2 aliphatic rings. The summed E-state index contributed by atoms with van der Waals surface area (Å²) >= 11 is 0. The molecular weight excluding hydrogens is 320 g/mol. The van der Waals surface area contributed by atoms with Crippen molar-refractivity contribution in [3.63, 3.8) is 0 Å². The van der Waals surface area contributed by atoms with Gasteiger partial charge in [0.15, 0.2) is 5.76 Å². The molecule has 2 amide bonds. The summed E-state index contributed by atoms with van der Waals surface area (Å²) in [6, 6.07) is 1.59. The molecule has 2 heterocycles. The van der Waals surface area contributed by atoms with Crippen LogP contribution in [0.4, 0.5) is 0 Å². The Morgan fingerprint density at radius 2 is 1.96 bits per heavy atom. The van der Waals surface area contributed by atoms with Gasteiger partial charge in [0.2, 0.25) is 11.8 Å². The summed E-state index contributed by atoms with van der Waals surface area (Å²) < 4.78 is 5.27. The first kappa shape index (κ1) is 17.9. The van der Waals surface area contributed by atoms with E-state index in [2.05, 4.69) is 15.4 Å². The maximum Gasteiger partial charge on any atom is 0.245 e. The van der Waals surface area contributed by atoms with Crippen LogP contribution in [0.25, 0.3) is 0 Å². The van der Waals surface area contributed by atoms with E-state index < -0.39 is 0 Å². The topological polar surface area (TPSA) is 78.7 Å². The second kappa shape index (κ2) is 7.99. The standard InChI is InChI=1S/C18H28N4O3/c1-13-11-16(25-20-13)12-21-7-9-22(10-8-21)18(24)17(19-14(2)23)15-5-3-4-6-15/h11,15,17H,3-10,12H2,1-2H3,(H,19,23)/t17-/m1/s1. The van der Waals surface area contributed by atoms with Crippen LogP contribution in [0.2, 0.25) is 0 Å². The van der Waals surface area contributed by atoms with Gasteiger partial charge in [-0.25, -0.2) is 0 Å². The molecule has 7 nitrogen and oxygen atoms in total. The molecule has 3 rings (SSSR count). The Morgan fingerprint density at radius 3 is 2.52 bits per heavy atom. The van der Waals surface area contributed by atoms with E-state index in [1.54, 1.807) is 0 Å². The van der Waals surface area contributed by atoms with Crippen molar-refractivity contribution < 1.29 is 14.1 Å². The third-order valence-corrected chi connectivity index (χ3v) is 5.24. The maximum absolute atomic E-state index is 13.0. The molecule has 0 radical (unpaired) electrons. The second-order valence-corrected chi connectivity index (χ2v) is 7.26. The summed E-state index contributed by atoms with van der Waals surface area (Å²) in [5.41, 5.74) is 0.888. The minimum atomic E-state index is -0.358. The number of aryl methyl sites for hydroxylation is 1. The molecule has 138 valence electrons. The number of nitrogens with one attached hydrogen (secondary N) is 1. The molecule has 2 fully saturated rings. The molecule has 0 unspecified atom stereocenters. The summed E-state index contributed by atoms with van der Waals surface area (Å²) in [6.45, 7) is 7.12. The number of piperazine rings is 1. The van der Waals surface area contributed by atoms with Gasteiger partial charge in [-0.3, -0.25) is 14.5 Å². The predicted molar refractivity (Wildman–Crippen MR) is 92.7 cm³/mol. The van der Waals surface area contributed by atoms with Gasteiger partial charge in [0, 0.05) is 39.2 Å². The molecule has 25 heavy (non-hydrogen) atoms. The van der Waals surface area contributed by atoms with E-state index in [9.17, 15) is 9.59 Å². The van der Waals surface area contributed by atoms with Crippen LogP contribution in [0, 0.1) is 12.8 Å². The number of hydrogen-bond donors (Lipinski definition) is 1. The van der Waals surface area contributed by atoms with Gasteiger partial charge in [-0.15, -0.1) is 0 Å². The highest BCUT2D eigenvalue weighted by atomic mass is 16.5. The van der Waals surface area contributed by atoms with Gasteiger partial charge in [0.1, 0.15) is 6.04 Å². The number of carbonyl (C=O) groups excluding carboxylic acids is 2. The fourth-order valence-electron chi connectivity index (χ4n) is 3.93. The molecule has 1 saturated heterocycles. The largest absolute Gasteiger partial charge is 0.360 e. The van der Waals surface area contributed by atoms with Gasteiger partial charge in [0.25, 0.3) is 0 Å². The lowest BCUT2D eigenvalue weighted by atomic mass is 9.96. The number of amides is 2. The number of aromatic nitrogens is 1. The van der Waals surface area contributed by atoms with Gasteiger partial charge < -0.3 is 14.7 Å². The molecular formula is C18H28N4O3. The Hall–Kier alpha value is -1.89. The van der Waals surface area contributed by atoms with Crippen LogP contribution in [0.3, 0.4) is 0 Å². The zero-order chi connectivity index (χ0) is 17.8. The van der Waals surface area contributed by atoms with Crippen LogP contribution in [0.5, 0.6) is 0 Å². The first-order chi connectivity index (χ1) is 12.0. The van der Waals surface area contributed by atoms with E-state index >= 15 is 0 Å². The highest BCUT2D eigenvalue weighted by Crippen LogP contribution is 2.29. The van der Waals surface area contributed by atoms with E-state index in [4.69, 9.17) is 4.52 Å². The van der Waals surface area contributed by atoms with Gasteiger partial charge in [-0.05, 0) is 25.7 Å². The van der Waals surface area contributed by atoms with E-state index in [1.807, 2.05) is 17.9 Å². The Labute approximate surface area is 148 Å². The van der Waals surface area contributed by atoms with E-state index in [0.717, 1.165) is 56.8 Å². The number of hydrogen-bond acceptors (Lipinski definition) is 5. The van der Waals surface area contributed by atoms with Crippen LogP contribution >= 0.6 is 0 Å². The first-order valence-electron chi connectivity index (χ1n) is 9.23. The van der Waals surface area contributed by atoms with Crippen LogP contribution in [-0.4, -0.2) is 59.0 Å². The molecule has 0 bridgehead atoms. The van der Waals surface area contributed by atoms with Crippen molar-refractivity contribution in [1.82, 2.24) is 20.3 Å². The highest BCUT2D eigenvalue weighted by Gasteiger charge is 2.35. The Morgan fingerprint density at radius 1 is 1.28 bits per heavy atom. The molecule has 7 heteroatoms. The predicted octanol–water partition coefficient (Wildman–Crippen LogP) is 1.32. The zero-order valence-electron chi connectivity index (χ0n) is 15.2. The molecule has 1 saturated carbocycles. The van der Waals surface area contributed by atoms with Crippen molar-refractivity contribution in [3.8, 4) is 0 Å². The number of rotatable bonds is 5. The van der Waals surface area contributed by atoms with Gasteiger partial charge in [-0.2, -0.15) is 0 Å². The van der Waals surface area contributed by atoms with Crippen molar-refractivity contribution in [2.45, 2.75) is 52.1 Å². The van der Waals surface area contributed by atoms with Crippen molar-refractivity contribution in [2.24, 2.45) is 5.92 Å². The van der Waals surface area contributed by atoms with E-state index in [-0.39, 0.29) is 23.8 Å². The molecule has 1 N–H and O–H groups in total. The lowest BCUT2D eigenvalue weighted by Gasteiger charge is -2.37. The minimum absolute atomic E-state index is 0.0808. The lowest BCUT2D eigenvalue weighted by Crippen LogP contribution is -2.56. The average Bonchev–Trinajstić information content (AvgIpc) is 3.24. The van der Waals surface area contributed by atoms with Gasteiger partial charge in [-0.1, -0.05) is 18.0 Å².